The van der Waals surface area contributed by atoms with Crippen molar-refractivity contribution in [1.82, 2.24) is 9.88 Å². The van der Waals surface area contributed by atoms with Gasteiger partial charge in [0.15, 0.2) is 0 Å². The second-order valence-corrected chi connectivity index (χ2v) is 7.84. The number of rotatable bonds is 9. The highest BCUT2D eigenvalue weighted by Crippen LogP contribution is 2.31. The number of aryl methyl sites for hydroxylation is 1. The molecule has 0 saturated carbocycles. The molecule has 0 bridgehead atoms. The van der Waals surface area contributed by atoms with Gasteiger partial charge in [0, 0.05) is 37.4 Å². The second-order valence-electron chi connectivity index (χ2n) is 7.84. The fourth-order valence-corrected chi connectivity index (χ4v) is 4.32. The number of nitrogens with zero attached hydrogens (tertiary/aromatic N) is 3. The predicted octanol–water partition coefficient (Wildman–Crippen LogP) is 4.32. The van der Waals surface area contributed by atoms with Crippen LogP contribution in [0.5, 0.6) is 0 Å². The van der Waals surface area contributed by atoms with Crippen LogP contribution in [0.2, 0.25) is 0 Å². The zero-order valence-electron chi connectivity index (χ0n) is 17.8. The minimum absolute atomic E-state index is 0.450. The Morgan fingerprint density at radius 3 is 2.55 bits per heavy atom. The summed E-state index contributed by atoms with van der Waals surface area (Å²) in [4.78, 5) is 21.1. The van der Waals surface area contributed by atoms with Crippen LogP contribution in [0, 0.1) is 0 Å². The molecule has 1 unspecified atom stereocenters. The van der Waals surface area contributed by atoms with Crippen molar-refractivity contribution in [3.05, 3.63) is 59.3 Å². The molecule has 1 fully saturated rings. The number of anilines is 1. The summed E-state index contributed by atoms with van der Waals surface area (Å²) in [6.07, 6.45) is 4.48. The van der Waals surface area contributed by atoms with Crippen molar-refractivity contribution in [2.75, 3.05) is 24.5 Å². The van der Waals surface area contributed by atoms with Gasteiger partial charge >= 0.3 is 5.97 Å². The van der Waals surface area contributed by atoms with E-state index in [1.807, 2.05) is 19.1 Å². The molecule has 0 amide bonds. The van der Waals surface area contributed by atoms with Gasteiger partial charge in [-0.2, -0.15) is 0 Å². The molecule has 3 rings (SSSR count). The SMILES string of the molecule is CCc1ccc(CN(CC)[C@H]2CCN(c3ncccc3C(CC)C(=O)O)C2)cc1. The van der Waals surface area contributed by atoms with Crippen LogP contribution in [0.25, 0.3) is 0 Å². The number of hydrogen-bond donors (Lipinski definition) is 1. The minimum Gasteiger partial charge on any atom is -0.481 e. The van der Waals surface area contributed by atoms with Gasteiger partial charge in [-0.25, -0.2) is 4.98 Å². The first-order chi connectivity index (χ1) is 14.1. The summed E-state index contributed by atoms with van der Waals surface area (Å²) in [6.45, 7) is 10.1. The minimum atomic E-state index is -0.775. The quantitative estimate of drug-likeness (QED) is 0.685. The Kier molecular flexibility index (Phi) is 7.26. The molecule has 0 aliphatic carbocycles. The van der Waals surface area contributed by atoms with E-state index in [2.05, 4.69) is 52.9 Å². The van der Waals surface area contributed by atoms with E-state index < -0.39 is 11.9 Å². The lowest BCUT2D eigenvalue weighted by atomic mass is 9.97. The first-order valence-electron chi connectivity index (χ1n) is 10.8. The van der Waals surface area contributed by atoms with Crippen molar-refractivity contribution >= 4 is 11.8 Å². The topological polar surface area (TPSA) is 56.7 Å². The average Bonchev–Trinajstić information content (AvgIpc) is 3.23. The van der Waals surface area contributed by atoms with Crippen LogP contribution in [0.15, 0.2) is 42.6 Å². The van der Waals surface area contributed by atoms with Crippen molar-refractivity contribution in [2.24, 2.45) is 0 Å². The van der Waals surface area contributed by atoms with Gasteiger partial charge in [0.25, 0.3) is 0 Å². The Hall–Kier alpha value is -2.40. The van der Waals surface area contributed by atoms with Crippen molar-refractivity contribution in [1.29, 1.82) is 0 Å². The molecule has 5 nitrogen and oxygen atoms in total. The largest absolute Gasteiger partial charge is 0.481 e. The number of benzene rings is 1. The highest BCUT2D eigenvalue weighted by atomic mass is 16.4. The molecule has 29 heavy (non-hydrogen) atoms. The molecule has 1 aromatic heterocycles. The average molecular weight is 396 g/mol. The van der Waals surface area contributed by atoms with E-state index in [0.29, 0.717) is 12.5 Å². The zero-order valence-corrected chi connectivity index (χ0v) is 17.8. The van der Waals surface area contributed by atoms with Crippen molar-refractivity contribution in [2.45, 2.75) is 58.5 Å². The Morgan fingerprint density at radius 1 is 1.21 bits per heavy atom. The molecular formula is C24H33N3O2. The van der Waals surface area contributed by atoms with Crippen LogP contribution < -0.4 is 4.90 Å². The molecule has 2 atom stereocenters. The standard InChI is InChI=1S/C24H33N3O2/c1-4-18-9-11-19(12-10-18)16-26(6-3)20-13-15-27(17-20)23-22(8-7-14-25-23)21(5-2)24(28)29/h7-12,14,20-21H,4-6,13,15-17H2,1-3H3,(H,28,29)/t20-,21?/m0/s1. The lowest BCUT2D eigenvalue weighted by Gasteiger charge is -2.29. The number of carbonyl (C=O) groups is 1. The van der Waals surface area contributed by atoms with E-state index in [9.17, 15) is 9.90 Å². The number of carboxylic acid groups (broad SMARTS) is 1. The number of carboxylic acids is 1. The fourth-order valence-electron chi connectivity index (χ4n) is 4.32. The monoisotopic (exact) mass is 395 g/mol. The number of aromatic nitrogens is 1. The summed E-state index contributed by atoms with van der Waals surface area (Å²) < 4.78 is 0. The maximum absolute atomic E-state index is 11.7. The molecule has 156 valence electrons. The summed E-state index contributed by atoms with van der Waals surface area (Å²) >= 11 is 0. The number of hydrogen-bond acceptors (Lipinski definition) is 4. The van der Waals surface area contributed by atoms with Gasteiger partial charge in [-0.1, -0.05) is 51.1 Å². The first kappa shape index (κ1) is 21.3. The van der Waals surface area contributed by atoms with Gasteiger partial charge in [-0.3, -0.25) is 9.69 Å². The van der Waals surface area contributed by atoms with E-state index in [0.717, 1.165) is 50.4 Å². The molecule has 1 saturated heterocycles. The Morgan fingerprint density at radius 2 is 1.93 bits per heavy atom. The third kappa shape index (κ3) is 4.96. The molecule has 1 aliphatic rings. The number of likely N-dealkylation sites (N-methyl/N-ethyl adjacent to an activating group) is 1. The third-order valence-corrected chi connectivity index (χ3v) is 6.10. The molecule has 5 heteroatoms. The van der Waals surface area contributed by atoms with Gasteiger partial charge in [0.05, 0.1) is 5.92 Å². The van der Waals surface area contributed by atoms with Crippen molar-refractivity contribution in [3.8, 4) is 0 Å². The summed E-state index contributed by atoms with van der Waals surface area (Å²) in [5.74, 6) is -0.437. The first-order valence-corrected chi connectivity index (χ1v) is 10.8. The Labute approximate surface area is 174 Å². The van der Waals surface area contributed by atoms with Gasteiger partial charge in [-0.05, 0) is 43.0 Å². The Bertz CT molecular complexity index is 806. The molecule has 0 radical (unpaired) electrons. The van der Waals surface area contributed by atoms with Crippen LogP contribution in [0.1, 0.15) is 56.2 Å². The van der Waals surface area contributed by atoms with Crippen LogP contribution in [0.4, 0.5) is 5.82 Å². The second kappa shape index (κ2) is 9.88. The molecule has 0 spiro atoms. The van der Waals surface area contributed by atoms with Crippen LogP contribution in [0.3, 0.4) is 0 Å². The van der Waals surface area contributed by atoms with Crippen LogP contribution >= 0.6 is 0 Å². The van der Waals surface area contributed by atoms with Gasteiger partial charge < -0.3 is 10.0 Å². The predicted molar refractivity (Wildman–Crippen MR) is 117 cm³/mol. The van der Waals surface area contributed by atoms with Gasteiger partial charge in [0.2, 0.25) is 0 Å². The number of pyridine rings is 1. The van der Waals surface area contributed by atoms with Gasteiger partial charge in [0.1, 0.15) is 5.82 Å². The lowest BCUT2D eigenvalue weighted by Crippen LogP contribution is -2.37. The van der Waals surface area contributed by atoms with E-state index in [1.165, 1.54) is 11.1 Å². The van der Waals surface area contributed by atoms with E-state index in [1.54, 1.807) is 6.20 Å². The summed E-state index contributed by atoms with van der Waals surface area (Å²) in [5, 5.41) is 9.62. The smallest absolute Gasteiger partial charge is 0.311 e. The molecule has 1 aliphatic heterocycles. The molecule has 2 heterocycles. The summed E-state index contributed by atoms with van der Waals surface area (Å²) in [5.41, 5.74) is 3.55. The number of aliphatic carboxylic acids is 1. The summed E-state index contributed by atoms with van der Waals surface area (Å²) in [7, 11) is 0. The van der Waals surface area contributed by atoms with Crippen LogP contribution in [-0.2, 0) is 17.8 Å². The van der Waals surface area contributed by atoms with Crippen LogP contribution in [-0.4, -0.2) is 46.6 Å². The van der Waals surface area contributed by atoms with E-state index in [-0.39, 0.29) is 0 Å². The van der Waals surface area contributed by atoms with Gasteiger partial charge in [-0.15, -0.1) is 0 Å². The Balaban J connectivity index is 1.72. The molecule has 2 aromatic rings. The highest BCUT2D eigenvalue weighted by Gasteiger charge is 2.31. The van der Waals surface area contributed by atoms with E-state index in [4.69, 9.17) is 0 Å². The maximum atomic E-state index is 11.7. The fraction of sp³-hybridized carbons (Fsp3) is 0.500. The lowest BCUT2D eigenvalue weighted by molar-refractivity contribution is -0.138. The zero-order chi connectivity index (χ0) is 20.8. The van der Waals surface area contributed by atoms with E-state index >= 15 is 0 Å². The third-order valence-electron chi connectivity index (χ3n) is 6.10. The maximum Gasteiger partial charge on any atom is 0.311 e. The van der Waals surface area contributed by atoms with Crippen molar-refractivity contribution < 1.29 is 9.90 Å². The van der Waals surface area contributed by atoms with Crippen molar-refractivity contribution in [3.63, 3.8) is 0 Å². The molecule has 1 N–H and O–H groups in total. The molecular weight excluding hydrogens is 362 g/mol. The highest BCUT2D eigenvalue weighted by molar-refractivity contribution is 5.78. The normalized spacial score (nSPS) is 17.7. The summed E-state index contributed by atoms with van der Waals surface area (Å²) in [6, 6.07) is 13.1. The molecule has 1 aromatic carbocycles.